The number of aryl methyl sites for hydroxylation is 1. The summed E-state index contributed by atoms with van der Waals surface area (Å²) in [7, 11) is 0. The van der Waals surface area contributed by atoms with Crippen LogP contribution in [0.25, 0.3) is 11.0 Å². The molecular formula is C8H8N2OS. The zero-order valence-corrected chi connectivity index (χ0v) is 7.68. The Bertz CT molecular complexity index is 410. The van der Waals surface area contributed by atoms with Crippen LogP contribution < -0.4 is 0 Å². The molecule has 0 amide bonds. The zero-order valence-electron chi connectivity index (χ0n) is 6.87. The summed E-state index contributed by atoms with van der Waals surface area (Å²) in [5.74, 6) is 0. The third-order valence-electron chi connectivity index (χ3n) is 1.80. The summed E-state index contributed by atoms with van der Waals surface area (Å²) in [5, 5.41) is 7.67. The van der Waals surface area contributed by atoms with Gasteiger partial charge in [0.25, 0.3) is 0 Å². The largest absolute Gasteiger partial charge is 0.243 e. The zero-order chi connectivity index (χ0) is 8.55. The smallest absolute Gasteiger partial charge is 0.149 e. The minimum absolute atomic E-state index is 0.863. The van der Waals surface area contributed by atoms with Gasteiger partial charge in [0.05, 0.1) is 0 Å². The first kappa shape index (κ1) is 7.61. The van der Waals surface area contributed by atoms with Gasteiger partial charge in [0, 0.05) is 4.90 Å². The molecule has 1 heterocycles. The van der Waals surface area contributed by atoms with Crippen LogP contribution in [0.15, 0.2) is 21.7 Å². The van der Waals surface area contributed by atoms with Gasteiger partial charge < -0.3 is 0 Å². The molecule has 0 atom stereocenters. The number of hydrogen-bond acceptors (Lipinski definition) is 4. The van der Waals surface area contributed by atoms with Crippen LogP contribution in [0.2, 0.25) is 0 Å². The van der Waals surface area contributed by atoms with Gasteiger partial charge in [0.1, 0.15) is 11.0 Å². The minimum atomic E-state index is 0.863. The highest BCUT2D eigenvalue weighted by Gasteiger charge is 2.07. The molecule has 1 aromatic carbocycles. The molecule has 2 rings (SSSR count). The molecule has 0 aliphatic carbocycles. The molecule has 62 valence electrons. The first-order chi connectivity index (χ1) is 5.83. The fourth-order valence-corrected chi connectivity index (χ4v) is 1.66. The van der Waals surface area contributed by atoms with E-state index < -0.39 is 0 Å². The lowest BCUT2D eigenvalue weighted by Crippen LogP contribution is -1.79. The van der Waals surface area contributed by atoms with Crippen molar-refractivity contribution >= 4 is 22.8 Å². The van der Waals surface area contributed by atoms with Crippen molar-refractivity contribution in [3.05, 3.63) is 17.7 Å². The second-order valence-corrected chi connectivity index (χ2v) is 3.39. The summed E-state index contributed by atoms with van der Waals surface area (Å²) in [4.78, 5) is 1.11. The highest BCUT2D eigenvalue weighted by Crippen LogP contribution is 2.25. The molecule has 0 unspecified atom stereocenters. The van der Waals surface area contributed by atoms with Gasteiger partial charge in [-0.2, -0.15) is 0 Å². The molecule has 1 aromatic heterocycles. The Labute approximate surface area is 74.1 Å². The standard InChI is InChI=1S/C8H8N2OS/c1-5-3-4-6(12-2)8-7(5)9-11-10-8/h3-4H,1-2H3. The fraction of sp³-hybridized carbons (Fsp3) is 0.250. The second-order valence-electron chi connectivity index (χ2n) is 2.55. The number of nitrogens with zero attached hydrogens (tertiary/aromatic N) is 2. The minimum Gasteiger partial charge on any atom is -0.243 e. The van der Waals surface area contributed by atoms with Gasteiger partial charge in [-0.05, 0) is 35.1 Å². The topological polar surface area (TPSA) is 38.9 Å². The van der Waals surface area contributed by atoms with E-state index in [1.54, 1.807) is 11.8 Å². The SMILES string of the molecule is CSc1ccc(C)c2nonc12. The Morgan fingerprint density at radius 1 is 1.25 bits per heavy atom. The van der Waals surface area contributed by atoms with Crippen molar-refractivity contribution in [2.24, 2.45) is 0 Å². The molecule has 0 aliphatic heterocycles. The summed E-state index contributed by atoms with van der Waals surface area (Å²) in [5.41, 5.74) is 2.83. The first-order valence-corrected chi connectivity index (χ1v) is 4.81. The lowest BCUT2D eigenvalue weighted by atomic mass is 10.2. The van der Waals surface area contributed by atoms with Gasteiger partial charge in [-0.25, -0.2) is 4.63 Å². The molecule has 0 saturated heterocycles. The van der Waals surface area contributed by atoms with Gasteiger partial charge in [0.15, 0.2) is 0 Å². The molecular weight excluding hydrogens is 172 g/mol. The van der Waals surface area contributed by atoms with E-state index in [1.807, 2.05) is 25.3 Å². The van der Waals surface area contributed by atoms with Crippen molar-refractivity contribution in [2.45, 2.75) is 11.8 Å². The van der Waals surface area contributed by atoms with Crippen molar-refractivity contribution in [1.82, 2.24) is 10.3 Å². The molecule has 4 heteroatoms. The van der Waals surface area contributed by atoms with E-state index in [0.717, 1.165) is 21.5 Å². The van der Waals surface area contributed by atoms with E-state index in [1.165, 1.54) is 0 Å². The maximum atomic E-state index is 4.67. The second kappa shape index (κ2) is 2.79. The molecule has 0 saturated carbocycles. The lowest BCUT2D eigenvalue weighted by Gasteiger charge is -1.96. The van der Waals surface area contributed by atoms with Crippen molar-refractivity contribution in [1.29, 1.82) is 0 Å². The average molecular weight is 180 g/mol. The molecule has 0 radical (unpaired) electrons. The molecule has 12 heavy (non-hydrogen) atoms. The highest BCUT2D eigenvalue weighted by atomic mass is 32.2. The van der Waals surface area contributed by atoms with E-state index in [2.05, 4.69) is 14.9 Å². The van der Waals surface area contributed by atoms with Crippen LogP contribution in [0.5, 0.6) is 0 Å². The van der Waals surface area contributed by atoms with Crippen molar-refractivity contribution in [3.8, 4) is 0 Å². The first-order valence-electron chi connectivity index (χ1n) is 3.59. The van der Waals surface area contributed by atoms with Crippen LogP contribution in [0, 0.1) is 6.92 Å². The Morgan fingerprint density at radius 2 is 2.00 bits per heavy atom. The molecule has 0 bridgehead atoms. The Morgan fingerprint density at radius 3 is 2.75 bits per heavy atom. The number of fused-ring (bicyclic) bond motifs is 1. The van der Waals surface area contributed by atoms with E-state index >= 15 is 0 Å². The molecule has 0 N–H and O–H groups in total. The molecule has 0 fully saturated rings. The number of hydrogen-bond donors (Lipinski definition) is 0. The maximum absolute atomic E-state index is 4.67. The van der Waals surface area contributed by atoms with Crippen LogP contribution in [-0.2, 0) is 0 Å². The van der Waals surface area contributed by atoms with Gasteiger partial charge in [-0.1, -0.05) is 6.07 Å². The number of benzene rings is 1. The van der Waals surface area contributed by atoms with Crippen LogP contribution in [-0.4, -0.2) is 16.6 Å². The van der Waals surface area contributed by atoms with Crippen LogP contribution >= 0.6 is 11.8 Å². The van der Waals surface area contributed by atoms with Crippen molar-refractivity contribution in [3.63, 3.8) is 0 Å². The van der Waals surface area contributed by atoms with E-state index in [4.69, 9.17) is 0 Å². The number of aromatic nitrogens is 2. The van der Waals surface area contributed by atoms with Crippen molar-refractivity contribution in [2.75, 3.05) is 6.26 Å². The third kappa shape index (κ3) is 0.992. The lowest BCUT2D eigenvalue weighted by molar-refractivity contribution is 0.315. The van der Waals surface area contributed by atoms with E-state index in [0.29, 0.717) is 0 Å². The predicted octanol–water partition coefficient (Wildman–Crippen LogP) is 2.25. The van der Waals surface area contributed by atoms with Gasteiger partial charge in [0.2, 0.25) is 0 Å². The van der Waals surface area contributed by atoms with E-state index in [9.17, 15) is 0 Å². The average Bonchev–Trinajstić information content (AvgIpc) is 2.54. The molecule has 0 aliphatic rings. The Hall–Kier alpha value is -1.03. The summed E-state index contributed by atoms with van der Waals surface area (Å²) in [6, 6.07) is 4.06. The third-order valence-corrected chi connectivity index (χ3v) is 2.57. The van der Waals surface area contributed by atoms with Gasteiger partial charge in [-0.3, -0.25) is 0 Å². The molecule has 0 spiro atoms. The van der Waals surface area contributed by atoms with Gasteiger partial charge >= 0.3 is 0 Å². The normalized spacial score (nSPS) is 10.8. The molecule has 3 nitrogen and oxygen atoms in total. The highest BCUT2D eigenvalue weighted by molar-refractivity contribution is 7.98. The van der Waals surface area contributed by atoms with Gasteiger partial charge in [-0.15, -0.1) is 11.8 Å². The maximum Gasteiger partial charge on any atom is 0.149 e. The fourth-order valence-electron chi connectivity index (χ4n) is 1.13. The van der Waals surface area contributed by atoms with Crippen LogP contribution in [0.3, 0.4) is 0 Å². The summed E-state index contributed by atoms with van der Waals surface area (Å²) in [6.45, 7) is 2.00. The summed E-state index contributed by atoms with van der Waals surface area (Å²) >= 11 is 1.65. The van der Waals surface area contributed by atoms with Crippen molar-refractivity contribution < 1.29 is 4.63 Å². The Balaban J connectivity index is 2.82. The van der Waals surface area contributed by atoms with E-state index in [-0.39, 0.29) is 0 Å². The summed E-state index contributed by atoms with van der Waals surface area (Å²) in [6.07, 6.45) is 2.01. The predicted molar refractivity (Wildman–Crippen MR) is 48.3 cm³/mol. The molecule has 2 aromatic rings. The van der Waals surface area contributed by atoms with Crippen LogP contribution in [0.1, 0.15) is 5.56 Å². The van der Waals surface area contributed by atoms with Crippen LogP contribution in [0.4, 0.5) is 0 Å². The number of thioether (sulfide) groups is 1. The quantitative estimate of drug-likeness (QED) is 0.631. The number of rotatable bonds is 1. The monoisotopic (exact) mass is 180 g/mol. The Kier molecular flexibility index (Phi) is 1.77. The summed E-state index contributed by atoms with van der Waals surface area (Å²) < 4.78 is 4.67.